The van der Waals surface area contributed by atoms with Gasteiger partial charge in [-0.25, -0.2) is 9.98 Å². The summed E-state index contributed by atoms with van der Waals surface area (Å²) in [7, 11) is 3.46. The Morgan fingerprint density at radius 3 is 2.76 bits per heavy atom. The van der Waals surface area contributed by atoms with Crippen molar-refractivity contribution >= 4 is 35.8 Å². The van der Waals surface area contributed by atoms with Crippen LogP contribution in [-0.2, 0) is 20.1 Å². The van der Waals surface area contributed by atoms with E-state index in [4.69, 9.17) is 0 Å². The molecule has 0 spiro atoms. The maximum atomic E-state index is 11.7. The van der Waals surface area contributed by atoms with Crippen molar-refractivity contribution in [1.29, 1.82) is 0 Å². The van der Waals surface area contributed by atoms with E-state index in [2.05, 4.69) is 31.0 Å². The highest BCUT2D eigenvalue weighted by Gasteiger charge is 2.05. The Hall–Kier alpha value is -2.17. The lowest BCUT2D eigenvalue weighted by atomic mass is 10.1. The van der Waals surface area contributed by atoms with Crippen LogP contribution in [0.1, 0.15) is 28.7 Å². The summed E-state index contributed by atoms with van der Waals surface area (Å²) in [4.78, 5) is 20.4. The standard InChI is InChI=1S/C16H23N7O.HI/c1-4-18-16(20-10-14-21-11-22-23(14)3)19-9-12-6-5-7-13(8-12)15(24)17-2;/h5-8,11H,4,9-10H2,1-3H3,(H,17,24)(H2,18,19,20);1H. The molecule has 0 aliphatic heterocycles. The van der Waals surface area contributed by atoms with E-state index in [1.807, 2.05) is 32.2 Å². The molecular weight excluding hydrogens is 433 g/mol. The number of aryl methyl sites for hydroxylation is 1. The molecule has 0 aliphatic carbocycles. The molecule has 8 nitrogen and oxygen atoms in total. The number of hydrogen-bond donors (Lipinski definition) is 3. The first-order valence-corrected chi connectivity index (χ1v) is 7.80. The Labute approximate surface area is 164 Å². The highest BCUT2D eigenvalue weighted by atomic mass is 127. The summed E-state index contributed by atoms with van der Waals surface area (Å²) in [5.41, 5.74) is 1.59. The molecule has 3 N–H and O–H groups in total. The van der Waals surface area contributed by atoms with Gasteiger partial charge in [0.1, 0.15) is 12.2 Å². The maximum Gasteiger partial charge on any atom is 0.251 e. The quantitative estimate of drug-likeness (QED) is 0.343. The van der Waals surface area contributed by atoms with Gasteiger partial charge in [0.15, 0.2) is 5.96 Å². The van der Waals surface area contributed by atoms with Crippen molar-refractivity contribution in [2.24, 2.45) is 12.0 Å². The van der Waals surface area contributed by atoms with Gasteiger partial charge in [-0.3, -0.25) is 9.48 Å². The molecule has 9 heteroatoms. The average molecular weight is 457 g/mol. The lowest BCUT2D eigenvalue weighted by molar-refractivity contribution is 0.0963. The predicted molar refractivity (Wildman–Crippen MR) is 108 cm³/mol. The molecule has 0 radical (unpaired) electrons. The van der Waals surface area contributed by atoms with Gasteiger partial charge in [-0.1, -0.05) is 12.1 Å². The number of nitrogens with one attached hydrogen (secondary N) is 3. The fraction of sp³-hybridized carbons (Fsp3) is 0.375. The number of benzene rings is 1. The molecule has 1 amide bonds. The van der Waals surface area contributed by atoms with Crippen LogP contribution in [0.2, 0.25) is 0 Å². The molecule has 1 heterocycles. The second-order valence-corrected chi connectivity index (χ2v) is 5.13. The van der Waals surface area contributed by atoms with E-state index in [9.17, 15) is 4.79 Å². The van der Waals surface area contributed by atoms with E-state index in [1.165, 1.54) is 6.33 Å². The number of rotatable bonds is 6. The molecule has 0 saturated heterocycles. The number of halogens is 1. The van der Waals surface area contributed by atoms with Crippen LogP contribution in [0.25, 0.3) is 0 Å². The van der Waals surface area contributed by atoms with Crippen molar-refractivity contribution in [3.8, 4) is 0 Å². The molecule has 0 unspecified atom stereocenters. The molecule has 1 aromatic heterocycles. The van der Waals surface area contributed by atoms with Crippen LogP contribution in [0.5, 0.6) is 0 Å². The predicted octanol–water partition coefficient (Wildman–Crippen LogP) is 1.05. The Kier molecular flexibility index (Phi) is 8.89. The third kappa shape index (κ3) is 6.33. The number of aliphatic imine (C=N–C) groups is 1. The first-order chi connectivity index (χ1) is 11.6. The lowest BCUT2D eigenvalue weighted by Gasteiger charge is -2.11. The SMILES string of the molecule is CCNC(=NCc1cccc(C(=O)NC)c1)NCc1ncnn1C.I. The van der Waals surface area contributed by atoms with Gasteiger partial charge >= 0.3 is 0 Å². The van der Waals surface area contributed by atoms with Gasteiger partial charge in [0.2, 0.25) is 0 Å². The summed E-state index contributed by atoms with van der Waals surface area (Å²) in [6.45, 7) is 3.76. The molecule has 0 fully saturated rings. The van der Waals surface area contributed by atoms with Crippen molar-refractivity contribution in [2.45, 2.75) is 20.0 Å². The van der Waals surface area contributed by atoms with E-state index in [-0.39, 0.29) is 29.9 Å². The zero-order chi connectivity index (χ0) is 17.4. The molecule has 2 rings (SSSR count). The summed E-state index contributed by atoms with van der Waals surface area (Å²) in [6, 6.07) is 7.43. The number of amides is 1. The zero-order valence-electron chi connectivity index (χ0n) is 14.6. The number of aromatic nitrogens is 3. The Morgan fingerprint density at radius 2 is 2.12 bits per heavy atom. The van der Waals surface area contributed by atoms with Crippen LogP contribution >= 0.6 is 24.0 Å². The molecule has 25 heavy (non-hydrogen) atoms. The number of nitrogens with zero attached hydrogens (tertiary/aromatic N) is 4. The van der Waals surface area contributed by atoms with Crippen LogP contribution in [0, 0.1) is 0 Å². The second kappa shape index (κ2) is 10.6. The van der Waals surface area contributed by atoms with Gasteiger partial charge in [-0.2, -0.15) is 5.10 Å². The summed E-state index contributed by atoms with van der Waals surface area (Å²) in [6.07, 6.45) is 1.52. The smallest absolute Gasteiger partial charge is 0.251 e. The topological polar surface area (TPSA) is 96.2 Å². The van der Waals surface area contributed by atoms with Gasteiger partial charge in [0.05, 0.1) is 13.1 Å². The first-order valence-electron chi connectivity index (χ1n) is 7.80. The van der Waals surface area contributed by atoms with E-state index >= 15 is 0 Å². The maximum absolute atomic E-state index is 11.7. The van der Waals surface area contributed by atoms with E-state index in [1.54, 1.807) is 17.8 Å². The summed E-state index contributed by atoms with van der Waals surface area (Å²) in [5.74, 6) is 1.40. The van der Waals surface area contributed by atoms with Gasteiger partial charge in [-0.05, 0) is 24.6 Å². The zero-order valence-corrected chi connectivity index (χ0v) is 16.9. The highest BCUT2D eigenvalue weighted by Crippen LogP contribution is 2.06. The van der Waals surface area contributed by atoms with Crippen LogP contribution in [-0.4, -0.2) is 40.2 Å². The van der Waals surface area contributed by atoms with Crippen molar-refractivity contribution < 1.29 is 4.79 Å². The second-order valence-electron chi connectivity index (χ2n) is 5.13. The molecule has 0 aliphatic rings. The summed E-state index contributed by atoms with van der Waals surface area (Å²) < 4.78 is 1.71. The third-order valence-corrected chi connectivity index (χ3v) is 3.40. The number of carbonyl (C=O) groups is 1. The molecule has 0 saturated carbocycles. The molecule has 136 valence electrons. The Balaban J connectivity index is 0.00000312. The van der Waals surface area contributed by atoms with E-state index in [0.717, 1.165) is 17.9 Å². The van der Waals surface area contributed by atoms with Crippen molar-refractivity contribution in [2.75, 3.05) is 13.6 Å². The monoisotopic (exact) mass is 457 g/mol. The third-order valence-electron chi connectivity index (χ3n) is 3.40. The van der Waals surface area contributed by atoms with Crippen molar-refractivity contribution in [3.63, 3.8) is 0 Å². The van der Waals surface area contributed by atoms with Crippen LogP contribution in [0.3, 0.4) is 0 Å². The van der Waals surface area contributed by atoms with E-state index < -0.39 is 0 Å². The van der Waals surface area contributed by atoms with Gasteiger partial charge in [-0.15, -0.1) is 24.0 Å². The van der Waals surface area contributed by atoms with E-state index in [0.29, 0.717) is 24.6 Å². The van der Waals surface area contributed by atoms with Crippen LogP contribution in [0.15, 0.2) is 35.6 Å². The normalized spacial score (nSPS) is 10.8. The number of carbonyl (C=O) groups excluding carboxylic acids is 1. The minimum atomic E-state index is -0.104. The Morgan fingerprint density at radius 1 is 1.32 bits per heavy atom. The minimum absolute atomic E-state index is 0. The van der Waals surface area contributed by atoms with Gasteiger partial charge in [0.25, 0.3) is 5.91 Å². The number of hydrogen-bond acceptors (Lipinski definition) is 4. The van der Waals surface area contributed by atoms with Crippen LogP contribution < -0.4 is 16.0 Å². The fourth-order valence-corrected chi connectivity index (χ4v) is 2.11. The van der Waals surface area contributed by atoms with Gasteiger partial charge < -0.3 is 16.0 Å². The van der Waals surface area contributed by atoms with Crippen molar-refractivity contribution in [1.82, 2.24) is 30.7 Å². The summed E-state index contributed by atoms with van der Waals surface area (Å²) >= 11 is 0. The fourth-order valence-electron chi connectivity index (χ4n) is 2.11. The largest absolute Gasteiger partial charge is 0.357 e. The summed E-state index contributed by atoms with van der Waals surface area (Å²) in [5, 5.41) is 13.1. The molecular formula is C16H24IN7O. The van der Waals surface area contributed by atoms with Crippen molar-refractivity contribution in [3.05, 3.63) is 47.5 Å². The number of guanidine groups is 1. The highest BCUT2D eigenvalue weighted by molar-refractivity contribution is 14.0. The van der Waals surface area contributed by atoms with Crippen LogP contribution in [0.4, 0.5) is 0 Å². The molecule has 0 atom stereocenters. The minimum Gasteiger partial charge on any atom is -0.357 e. The molecule has 1 aromatic carbocycles. The molecule has 2 aromatic rings. The molecule has 0 bridgehead atoms. The first kappa shape index (κ1) is 20.9. The van der Waals surface area contributed by atoms with Gasteiger partial charge in [0, 0.05) is 26.2 Å². The average Bonchev–Trinajstić information content (AvgIpc) is 3.02. The lowest BCUT2D eigenvalue weighted by Crippen LogP contribution is -2.37. The Bertz CT molecular complexity index is 714.